The van der Waals surface area contributed by atoms with Crippen LogP contribution < -0.4 is 5.32 Å². The average molecular weight is 233 g/mol. The van der Waals surface area contributed by atoms with Crippen molar-refractivity contribution in [2.24, 2.45) is 0 Å². The third-order valence-corrected chi connectivity index (χ3v) is 5.18. The predicted octanol–water partition coefficient (Wildman–Crippen LogP) is 0.332. The fourth-order valence-corrected chi connectivity index (χ4v) is 4.56. The molecule has 88 valence electrons. The molecule has 0 spiro atoms. The Bertz CT molecular complexity index is 322. The Morgan fingerprint density at radius 2 is 2.00 bits per heavy atom. The molecule has 4 nitrogen and oxygen atoms in total. The van der Waals surface area contributed by atoms with Crippen LogP contribution >= 0.6 is 0 Å². The molecular formula is C10H19NO3S. The monoisotopic (exact) mass is 233 g/mol. The van der Waals surface area contributed by atoms with E-state index >= 15 is 0 Å². The minimum Gasteiger partial charge on any atom is -0.381 e. The summed E-state index contributed by atoms with van der Waals surface area (Å²) in [4.78, 5) is 0. The zero-order valence-corrected chi connectivity index (χ0v) is 9.98. The van der Waals surface area contributed by atoms with Gasteiger partial charge in [0.25, 0.3) is 0 Å². The third-order valence-electron chi connectivity index (χ3n) is 3.28. The number of nitrogens with one attached hydrogen (secondary N) is 1. The Morgan fingerprint density at radius 3 is 2.53 bits per heavy atom. The van der Waals surface area contributed by atoms with Crippen molar-refractivity contribution in [3.8, 4) is 0 Å². The van der Waals surface area contributed by atoms with E-state index in [4.69, 9.17) is 4.74 Å². The van der Waals surface area contributed by atoms with Crippen LogP contribution in [0.25, 0.3) is 0 Å². The molecule has 0 amide bonds. The lowest BCUT2D eigenvalue weighted by Gasteiger charge is -2.32. The Balaban J connectivity index is 1.93. The van der Waals surface area contributed by atoms with Gasteiger partial charge in [-0.2, -0.15) is 0 Å². The number of hydrogen-bond donors (Lipinski definition) is 1. The molecule has 0 aliphatic carbocycles. The fraction of sp³-hybridized carbons (Fsp3) is 1.00. The topological polar surface area (TPSA) is 55.4 Å². The Labute approximate surface area is 91.3 Å². The van der Waals surface area contributed by atoms with E-state index in [2.05, 4.69) is 5.32 Å². The molecule has 0 bridgehead atoms. The van der Waals surface area contributed by atoms with Crippen molar-refractivity contribution in [3.63, 3.8) is 0 Å². The SMILES string of the molecule is CC1(NC2CCOCC2)CCS(=O)(=O)C1. The lowest BCUT2D eigenvalue weighted by Crippen LogP contribution is -2.50. The second kappa shape index (κ2) is 4.03. The second-order valence-corrected chi connectivity index (χ2v) is 7.12. The summed E-state index contributed by atoms with van der Waals surface area (Å²) < 4.78 is 28.1. The van der Waals surface area contributed by atoms with E-state index in [0.29, 0.717) is 11.8 Å². The van der Waals surface area contributed by atoms with Crippen molar-refractivity contribution >= 4 is 9.84 Å². The Morgan fingerprint density at radius 1 is 1.33 bits per heavy atom. The van der Waals surface area contributed by atoms with Gasteiger partial charge in [-0.25, -0.2) is 8.42 Å². The van der Waals surface area contributed by atoms with E-state index in [1.165, 1.54) is 0 Å². The van der Waals surface area contributed by atoms with Crippen molar-refractivity contribution < 1.29 is 13.2 Å². The molecule has 0 saturated carbocycles. The van der Waals surface area contributed by atoms with Crippen LogP contribution in [0.3, 0.4) is 0 Å². The fourth-order valence-electron chi connectivity index (χ4n) is 2.46. The highest BCUT2D eigenvalue weighted by molar-refractivity contribution is 7.91. The van der Waals surface area contributed by atoms with Crippen LogP contribution in [0.5, 0.6) is 0 Å². The normalized spacial score (nSPS) is 36.9. The molecule has 2 aliphatic heterocycles. The number of sulfone groups is 1. The minimum atomic E-state index is -2.80. The van der Waals surface area contributed by atoms with Crippen molar-refractivity contribution in [3.05, 3.63) is 0 Å². The van der Waals surface area contributed by atoms with Crippen molar-refractivity contribution in [2.45, 2.75) is 37.8 Å². The van der Waals surface area contributed by atoms with Gasteiger partial charge in [0, 0.05) is 24.8 Å². The molecule has 0 radical (unpaired) electrons. The molecule has 2 heterocycles. The Hall–Kier alpha value is -0.130. The van der Waals surface area contributed by atoms with E-state index in [9.17, 15) is 8.42 Å². The first-order chi connectivity index (χ1) is 6.99. The van der Waals surface area contributed by atoms with E-state index in [0.717, 1.165) is 32.5 Å². The largest absolute Gasteiger partial charge is 0.381 e. The van der Waals surface area contributed by atoms with Gasteiger partial charge in [0.15, 0.2) is 9.84 Å². The average Bonchev–Trinajstić information content (AvgIpc) is 2.42. The van der Waals surface area contributed by atoms with E-state index < -0.39 is 9.84 Å². The molecule has 5 heteroatoms. The summed E-state index contributed by atoms with van der Waals surface area (Å²) in [6.07, 6.45) is 2.73. The third kappa shape index (κ3) is 2.92. The summed E-state index contributed by atoms with van der Waals surface area (Å²) in [5.41, 5.74) is -0.208. The molecule has 0 aromatic carbocycles. The quantitative estimate of drug-likeness (QED) is 0.747. The van der Waals surface area contributed by atoms with Gasteiger partial charge in [-0.3, -0.25) is 0 Å². The van der Waals surface area contributed by atoms with Crippen molar-refractivity contribution in [1.29, 1.82) is 0 Å². The van der Waals surface area contributed by atoms with Gasteiger partial charge in [-0.15, -0.1) is 0 Å². The van der Waals surface area contributed by atoms with Crippen LogP contribution in [0.4, 0.5) is 0 Å². The molecule has 1 N–H and O–H groups in total. The van der Waals surface area contributed by atoms with Crippen LogP contribution in [0.2, 0.25) is 0 Å². The second-order valence-electron chi connectivity index (χ2n) is 4.93. The van der Waals surface area contributed by atoms with Crippen LogP contribution in [-0.4, -0.2) is 44.7 Å². The zero-order valence-electron chi connectivity index (χ0n) is 9.16. The summed E-state index contributed by atoms with van der Waals surface area (Å²) in [7, 11) is -2.80. The first-order valence-corrected chi connectivity index (χ1v) is 7.37. The van der Waals surface area contributed by atoms with E-state index in [-0.39, 0.29) is 11.3 Å². The molecule has 15 heavy (non-hydrogen) atoms. The summed E-state index contributed by atoms with van der Waals surface area (Å²) >= 11 is 0. The van der Waals surface area contributed by atoms with Gasteiger partial charge < -0.3 is 10.1 Å². The molecule has 0 aromatic rings. The molecule has 1 atom stereocenters. The molecule has 0 aromatic heterocycles. The molecule has 1 unspecified atom stereocenters. The standard InChI is InChI=1S/C10H19NO3S/c1-10(4-7-15(12,13)8-10)11-9-2-5-14-6-3-9/h9,11H,2-8H2,1H3. The summed E-state index contributed by atoms with van der Waals surface area (Å²) in [6.45, 7) is 3.61. The summed E-state index contributed by atoms with van der Waals surface area (Å²) in [6, 6.07) is 0.428. The maximum absolute atomic E-state index is 11.4. The van der Waals surface area contributed by atoms with Crippen LogP contribution in [0.1, 0.15) is 26.2 Å². The summed E-state index contributed by atoms with van der Waals surface area (Å²) in [5.74, 6) is 0.622. The zero-order chi connectivity index (χ0) is 10.9. The van der Waals surface area contributed by atoms with Crippen molar-refractivity contribution in [1.82, 2.24) is 5.32 Å². The highest BCUT2D eigenvalue weighted by Crippen LogP contribution is 2.24. The first-order valence-electron chi connectivity index (χ1n) is 5.55. The highest BCUT2D eigenvalue weighted by atomic mass is 32.2. The van der Waals surface area contributed by atoms with E-state index in [1.54, 1.807) is 0 Å². The van der Waals surface area contributed by atoms with Crippen LogP contribution in [-0.2, 0) is 14.6 Å². The summed E-state index contributed by atoms with van der Waals surface area (Å²) in [5, 5.41) is 3.49. The van der Waals surface area contributed by atoms with Gasteiger partial charge in [0.2, 0.25) is 0 Å². The molecule has 2 fully saturated rings. The van der Waals surface area contributed by atoms with Crippen molar-refractivity contribution in [2.75, 3.05) is 24.7 Å². The molecule has 2 rings (SSSR count). The Kier molecular flexibility index (Phi) is 3.05. The highest BCUT2D eigenvalue weighted by Gasteiger charge is 2.39. The van der Waals surface area contributed by atoms with Gasteiger partial charge in [0.05, 0.1) is 11.5 Å². The number of ether oxygens (including phenoxy) is 1. The van der Waals surface area contributed by atoms with Crippen LogP contribution in [0.15, 0.2) is 0 Å². The van der Waals surface area contributed by atoms with Crippen LogP contribution in [0, 0.1) is 0 Å². The predicted molar refractivity (Wildman–Crippen MR) is 58.7 cm³/mol. The maximum Gasteiger partial charge on any atom is 0.152 e. The maximum atomic E-state index is 11.4. The van der Waals surface area contributed by atoms with Gasteiger partial charge in [-0.1, -0.05) is 0 Å². The molecule has 2 saturated heterocycles. The first kappa shape index (κ1) is 11.4. The molecular weight excluding hydrogens is 214 g/mol. The number of hydrogen-bond acceptors (Lipinski definition) is 4. The van der Waals surface area contributed by atoms with Gasteiger partial charge in [0.1, 0.15) is 0 Å². The molecule has 2 aliphatic rings. The van der Waals surface area contributed by atoms with Gasteiger partial charge >= 0.3 is 0 Å². The number of rotatable bonds is 2. The smallest absolute Gasteiger partial charge is 0.152 e. The minimum absolute atomic E-state index is 0.208. The van der Waals surface area contributed by atoms with E-state index in [1.807, 2.05) is 6.92 Å². The lowest BCUT2D eigenvalue weighted by atomic mass is 9.98. The van der Waals surface area contributed by atoms with Gasteiger partial charge in [-0.05, 0) is 26.2 Å². The lowest BCUT2D eigenvalue weighted by molar-refractivity contribution is 0.0706.